The highest BCUT2D eigenvalue weighted by atomic mass is 19.1. The van der Waals surface area contributed by atoms with Crippen LogP contribution in [-0.2, 0) is 10.3 Å². The predicted octanol–water partition coefficient (Wildman–Crippen LogP) is 4.98. The lowest BCUT2D eigenvalue weighted by Crippen LogP contribution is -2.50. The Morgan fingerprint density at radius 1 is 1.00 bits per heavy atom. The lowest BCUT2D eigenvalue weighted by molar-refractivity contribution is 0.0635. The summed E-state index contributed by atoms with van der Waals surface area (Å²) in [5.41, 5.74) is 0.919. The SMILES string of the molecule is CC(C)(C)OC(=O)Nc1ccc(C(=O)NC2(c3ccc(F)cc3)CCC2)cc1. The summed E-state index contributed by atoms with van der Waals surface area (Å²) in [6.45, 7) is 5.37. The molecule has 0 aromatic heterocycles. The Morgan fingerprint density at radius 3 is 2.11 bits per heavy atom. The molecule has 0 atom stereocenters. The number of carbonyl (C=O) groups excluding carboxylic acids is 2. The molecule has 0 saturated heterocycles. The van der Waals surface area contributed by atoms with Gasteiger partial charge < -0.3 is 10.1 Å². The van der Waals surface area contributed by atoms with Gasteiger partial charge in [0.15, 0.2) is 0 Å². The fourth-order valence-corrected chi connectivity index (χ4v) is 3.20. The number of rotatable bonds is 4. The topological polar surface area (TPSA) is 67.4 Å². The second kappa shape index (κ2) is 7.62. The first-order valence-electron chi connectivity index (χ1n) is 9.36. The molecule has 3 rings (SSSR count). The van der Waals surface area contributed by atoms with Crippen LogP contribution < -0.4 is 10.6 Å². The molecule has 2 aromatic carbocycles. The van der Waals surface area contributed by atoms with E-state index in [4.69, 9.17) is 4.74 Å². The molecule has 0 spiro atoms. The van der Waals surface area contributed by atoms with E-state index in [-0.39, 0.29) is 11.7 Å². The Balaban J connectivity index is 1.66. The molecule has 2 amide bonds. The van der Waals surface area contributed by atoms with Gasteiger partial charge in [0.2, 0.25) is 0 Å². The van der Waals surface area contributed by atoms with Crippen molar-refractivity contribution in [1.82, 2.24) is 5.32 Å². The van der Waals surface area contributed by atoms with E-state index in [0.29, 0.717) is 11.3 Å². The molecule has 2 aromatic rings. The fourth-order valence-electron chi connectivity index (χ4n) is 3.20. The van der Waals surface area contributed by atoms with Crippen LogP contribution in [0.25, 0.3) is 0 Å². The summed E-state index contributed by atoms with van der Waals surface area (Å²) in [7, 11) is 0. The van der Waals surface area contributed by atoms with Gasteiger partial charge in [0.05, 0.1) is 5.54 Å². The first kappa shape index (κ1) is 19.9. The molecule has 1 aliphatic carbocycles. The van der Waals surface area contributed by atoms with Gasteiger partial charge in [0, 0.05) is 11.3 Å². The minimum Gasteiger partial charge on any atom is -0.444 e. The van der Waals surface area contributed by atoms with Crippen molar-refractivity contribution in [2.24, 2.45) is 0 Å². The molecule has 0 unspecified atom stereocenters. The van der Waals surface area contributed by atoms with Crippen molar-refractivity contribution in [3.63, 3.8) is 0 Å². The standard InChI is InChI=1S/C22H25FN2O3/c1-21(2,3)28-20(27)24-18-11-5-15(6-12-18)19(26)25-22(13-4-14-22)16-7-9-17(23)10-8-16/h5-12H,4,13-14H2,1-3H3,(H,24,27)(H,25,26). The van der Waals surface area contributed by atoms with Crippen LogP contribution in [0.4, 0.5) is 14.9 Å². The van der Waals surface area contributed by atoms with Gasteiger partial charge in [-0.2, -0.15) is 0 Å². The molecule has 0 radical (unpaired) electrons. The van der Waals surface area contributed by atoms with Crippen LogP contribution in [0.5, 0.6) is 0 Å². The molecule has 1 fully saturated rings. The molecule has 28 heavy (non-hydrogen) atoms. The van der Waals surface area contributed by atoms with Gasteiger partial charge in [0.25, 0.3) is 5.91 Å². The number of amides is 2. The maximum absolute atomic E-state index is 13.2. The van der Waals surface area contributed by atoms with E-state index in [9.17, 15) is 14.0 Å². The lowest BCUT2D eigenvalue weighted by atomic mass is 9.71. The van der Waals surface area contributed by atoms with Crippen LogP contribution in [0.15, 0.2) is 48.5 Å². The Kier molecular flexibility index (Phi) is 5.40. The third-order valence-electron chi connectivity index (χ3n) is 4.75. The van der Waals surface area contributed by atoms with Crippen molar-refractivity contribution in [3.05, 3.63) is 65.5 Å². The molecule has 0 aliphatic heterocycles. The smallest absolute Gasteiger partial charge is 0.412 e. The predicted molar refractivity (Wildman–Crippen MR) is 106 cm³/mol. The summed E-state index contributed by atoms with van der Waals surface area (Å²) < 4.78 is 18.4. The first-order chi connectivity index (χ1) is 13.2. The summed E-state index contributed by atoms with van der Waals surface area (Å²) in [4.78, 5) is 24.5. The number of anilines is 1. The highest BCUT2D eigenvalue weighted by Crippen LogP contribution is 2.41. The van der Waals surface area contributed by atoms with Crippen LogP contribution in [0.3, 0.4) is 0 Å². The molecular formula is C22H25FN2O3. The van der Waals surface area contributed by atoms with Gasteiger partial charge in [0.1, 0.15) is 11.4 Å². The molecule has 1 aliphatic rings. The van der Waals surface area contributed by atoms with E-state index in [1.807, 2.05) is 0 Å². The van der Waals surface area contributed by atoms with E-state index in [2.05, 4.69) is 10.6 Å². The minimum absolute atomic E-state index is 0.201. The summed E-state index contributed by atoms with van der Waals surface area (Å²) in [6, 6.07) is 12.9. The zero-order valence-electron chi connectivity index (χ0n) is 16.3. The molecule has 6 heteroatoms. The molecule has 0 heterocycles. The monoisotopic (exact) mass is 384 g/mol. The highest BCUT2D eigenvalue weighted by Gasteiger charge is 2.40. The van der Waals surface area contributed by atoms with Gasteiger partial charge in [-0.1, -0.05) is 12.1 Å². The van der Waals surface area contributed by atoms with Crippen LogP contribution >= 0.6 is 0 Å². The van der Waals surface area contributed by atoms with Crippen molar-refractivity contribution < 1.29 is 18.7 Å². The Hall–Kier alpha value is -2.89. The number of carbonyl (C=O) groups is 2. The Bertz CT molecular complexity index is 851. The van der Waals surface area contributed by atoms with Crippen LogP contribution in [0.1, 0.15) is 56.0 Å². The zero-order chi connectivity index (χ0) is 20.4. The summed E-state index contributed by atoms with van der Waals surface area (Å²) in [6.07, 6.45) is 2.11. The largest absolute Gasteiger partial charge is 0.444 e. The van der Waals surface area contributed by atoms with Crippen molar-refractivity contribution in [2.45, 2.75) is 51.2 Å². The lowest BCUT2D eigenvalue weighted by Gasteiger charge is -2.43. The van der Waals surface area contributed by atoms with Crippen LogP contribution in [0.2, 0.25) is 0 Å². The van der Waals surface area contributed by atoms with Crippen molar-refractivity contribution in [2.75, 3.05) is 5.32 Å². The Labute approximate surface area is 164 Å². The second-order valence-corrected chi connectivity index (χ2v) is 8.10. The summed E-state index contributed by atoms with van der Waals surface area (Å²) >= 11 is 0. The third-order valence-corrected chi connectivity index (χ3v) is 4.75. The molecule has 5 nitrogen and oxygen atoms in total. The number of nitrogens with one attached hydrogen (secondary N) is 2. The van der Waals surface area contributed by atoms with E-state index < -0.39 is 17.2 Å². The maximum atomic E-state index is 13.2. The second-order valence-electron chi connectivity index (χ2n) is 8.10. The average molecular weight is 384 g/mol. The van der Waals surface area contributed by atoms with Crippen LogP contribution in [-0.4, -0.2) is 17.6 Å². The van der Waals surface area contributed by atoms with Crippen molar-refractivity contribution >= 4 is 17.7 Å². The molecule has 0 bridgehead atoms. The number of halogens is 1. The van der Waals surface area contributed by atoms with Crippen molar-refractivity contribution in [3.8, 4) is 0 Å². The van der Waals surface area contributed by atoms with Gasteiger partial charge in [-0.3, -0.25) is 10.1 Å². The van der Waals surface area contributed by atoms with E-state index in [1.54, 1.807) is 57.2 Å². The van der Waals surface area contributed by atoms with Crippen molar-refractivity contribution in [1.29, 1.82) is 0 Å². The highest BCUT2D eigenvalue weighted by molar-refractivity contribution is 5.95. The van der Waals surface area contributed by atoms with Gasteiger partial charge in [-0.25, -0.2) is 9.18 Å². The third kappa shape index (κ3) is 4.68. The molecule has 148 valence electrons. The van der Waals surface area contributed by atoms with Gasteiger partial charge in [-0.05, 0) is 82.0 Å². The number of benzene rings is 2. The number of ether oxygens (including phenoxy) is 1. The van der Waals surface area contributed by atoms with Gasteiger partial charge >= 0.3 is 6.09 Å². The summed E-state index contributed by atoms with van der Waals surface area (Å²) in [5.74, 6) is -0.495. The average Bonchev–Trinajstić information content (AvgIpc) is 2.58. The Morgan fingerprint density at radius 2 is 1.61 bits per heavy atom. The quantitative estimate of drug-likeness (QED) is 0.781. The molecule has 1 saturated carbocycles. The minimum atomic E-state index is -0.582. The normalized spacial score (nSPS) is 15.3. The molecular weight excluding hydrogens is 359 g/mol. The number of hydrogen-bond acceptors (Lipinski definition) is 3. The number of hydrogen-bond donors (Lipinski definition) is 2. The van der Waals surface area contributed by atoms with E-state index >= 15 is 0 Å². The maximum Gasteiger partial charge on any atom is 0.412 e. The fraction of sp³-hybridized carbons (Fsp3) is 0.364. The van der Waals surface area contributed by atoms with E-state index in [0.717, 1.165) is 24.8 Å². The summed E-state index contributed by atoms with van der Waals surface area (Å²) in [5, 5.41) is 5.74. The van der Waals surface area contributed by atoms with Gasteiger partial charge in [-0.15, -0.1) is 0 Å². The van der Waals surface area contributed by atoms with Crippen LogP contribution in [0, 0.1) is 5.82 Å². The van der Waals surface area contributed by atoms with E-state index in [1.165, 1.54) is 12.1 Å². The molecule has 2 N–H and O–H groups in total. The first-order valence-corrected chi connectivity index (χ1v) is 9.36. The zero-order valence-corrected chi connectivity index (χ0v) is 16.3.